The van der Waals surface area contributed by atoms with Crippen molar-refractivity contribution >= 4 is 18.0 Å². The maximum atomic E-state index is 13.3. The van der Waals surface area contributed by atoms with Crippen molar-refractivity contribution in [1.82, 2.24) is 10.6 Å². The number of hydrogen-bond donors (Lipinski definition) is 3. The van der Waals surface area contributed by atoms with E-state index in [1.54, 1.807) is 6.92 Å². The van der Waals surface area contributed by atoms with Crippen molar-refractivity contribution in [3.8, 4) is 11.1 Å². The lowest BCUT2D eigenvalue weighted by atomic mass is 9.93. The molecule has 2 unspecified atom stereocenters. The summed E-state index contributed by atoms with van der Waals surface area (Å²) in [6, 6.07) is 15.5. The quantitative estimate of drug-likeness (QED) is 0.447. The Labute approximate surface area is 206 Å². The molecule has 0 saturated heterocycles. The van der Waals surface area contributed by atoms with Crippen LogP contribution < -0.4 is 10.6 Å². The Kier molecular flexibility index (Phi) is 8.51. The fraction of sp³-hybridized carbons (Fsp3) is 0.444. The van der Waals surface area contributed by atoms with Crippen molar-refractivity contribution in [3.63, 3.8) is 0 Å². The highest BCUT2D eigenvalue weighted by Crippen LogP contribution is 2.44. The summed E-state index contributed by atoms with van der Waals surface area (Å²) in [5.41, 5.74) is 3.02. The van der Waals surface area contributed by atoms with Gasteiger partial charge in [0.15, 0.2) is 0 Å². The van der Waals surface area contributed by atoms with Crippen molar-refractivity contribution in [3.05, 3.63) is 59.7 Å². The SMILES string of the molecule is CCC(COC)(NC(=O)OCC1c2ccccc2-c2ccccc21)C(=O)NC(CC(=O)O)C(C)C. The summed E-state index contributed by atoms with van der Waals surface area (Å²) < 4.78 is 10.9. The normalized spacial score (nSPS) is 15.0. The average Bonchev–Trinajstić information content (AvgIpc) is 3.15. The number of hydrogen-bond acceptors (Lipinski definition) is 5. The van der Waals surface area contributed by atoms with Crippen LogP contribution in [0.25, 0.3) is 11.1 Å². The highest BCUT2D eigenvalue weighted by Gasteiger charge is 2.41. The number of carbonyl (C=O) groups is 3. The molecule has 0 saturated carbocycles. The molecule has 0 radical (unpaired) electrons. The predicted octanol–water partition coefficient (Wildman–Crippen LogP) is 3.94. The van der Waals surface area contributed by atoms with Crippen LogP contribution in [0.4, 0.5) is 4.79 Å². The maximum absolute atomic E-state index is 13.3. The molecule has 0 fully saturated rings. The monoisotopic (exact) mass is 482 g/mol. The molecule has 0 bridgehead atoms. The third-order valence-corrected chi connectivity index (χ3v) is 6.63. The van der Waals surface area contributed by atoms with Gasteiger partial charge in [-0.25, -0.2) is 4.79 Å². The summed E-state index contributed by atoms with van der Waals surface area (Å²) in [6.07, 6.45) is -0.726. The molecule has 8 nitrogen and oxygen atoms in total. The number of nitrogens with one attached hydrogen (secondary N) is 2. The third kappa shape index (κ3) is 5.82. The second-order valence-electron chi connectivity index (χ2n) is 9.24. The van der Waals surface area contributed by atoms with Crippen LogP contribution in [0.3, 0.4) is 0 Å². The van der Waals surface area contributed by atoms with Crippen LogP contribution in [-0.2, 0) is 19.1 Å². The highest BCUT2D eigenvalue weighted by atomic mass is 16.5. The summed E-state index contributed by atoms with van der Waals surface area (Å²) in [5.74, 6) is -1.74. The van der Waals surface area contributed by atoms with Gasteiger partial charge in [-0.1, -0.05) is 69.3 Å². The van der Waals surface area contributed by atoms with Gasteiger partial charge in [0.05, 0.1) is 13.0 Å². The van der Waals surface area contributed by atoms with Gasteiger partial charge in [0.2, 0.25) is 5.91 Å². The van der Waals surface area contributed by atoms with E-state index in [9.17, 15) is 19.5 Å². The number of aliphatic carboxylic acids is 1. The van der Waals surface area contributed by atoms with Crippen LogP contribution in [0, 0.1) is 5.92 Å². The number of fused-ring (bicyclic) bond motifs is 3. The van der Waals surface area contributed by atoms with Crippen LogP contribution in [0.2, 0.25) is 0 Å². The zero-order valence-corrected chi connectivity index (χ0v) is 20.7. The van der Waals surface area contributed by atoms with E-state index < -0.39 is 29.6 Å². The molecule has 0 aromatic heterocycles. The summed E-state index contributed by atoms with van der Waals surface area (Å²) in [4.78, 5) is 37.4. The fourth-order valence-electron chi connectivity index (χ4n) is 4.53. The molecule has 0 spiro atoms. The molecule has 2 aromatic rings. The molecule has 1 aliphatic carbocycles. The molecule has 188 valence electrons. The number of ether oxygens (including phenoxy) is 2. The van der Waals surface area contributed by atoms with Crippen molar-refractivity contribution < 1.29 is 29.0 Å². The minimum absolute atomic E-state index is 0.0859. The second kappa shape index (κ2) is 11.4. The number of carbonyl (C=O) groups excluding carboxylic acids is 2. The Morgan fingerprint density at radius 1 is 1.03 bits per heavy atom. The summed E-state index contributed by atoms with van der Waals surface area (Å²) in [6.45, 7) is 5.44. The van der Waals surface area contributed by atoms with Gasteiger partial charge in [-0.3, -0.25) is 9.59 Å². The fourth-order valence-corrected chi connectivity index (χ4v) is 4.53. The van der Waals surface area contributed by atoms with Crippen LogP contribution in [0.5, 0.6) is 0 Å². The van der Waals surface area contributed by atoms with Crippen molar-refractivity contribution in [1.29, 1.82) is 0 Å². The Bertz CT molecular complexity index is 1020. The lowest BCUT2D eigenvalue weighted by Gasteiger charge is -2.34. The molecule has 2 amide bonds. The topological polar surface area (TPSA) is 114 Å². The van der Waals surface area contributed by atoms with Crippen molar-refractivity contribution in [2.75, 3.05) is 20.3 Å². The van der Waals surface area contributed by atoms with Gasteiger partial charge in [0.1, 0.15) is 12.1 Å². The second-order valence-corrected chi connectivity index (χ2v) is 9.24. The van der Waals surface area contributed by atoms with Crippen molar-refractivity contribution in [2.24, 2.45) is 5.92 Å². The molecule has 0 aliphatic heterocycles. The van der Waals surface area contributed by atoms with Gasteiger partial charge in [-0.05, 0) is 34.6 Å². The van der Waals surface area contributed by atoms with Gasteiger partial charge < -0.3 is 25.2 Å². The highest BCUT2D eigenvalue weighted by molar-refractivity contribution is 5.90. The first-order valence-corrected chi connectivity index (χ1v) is 11.9. The molecular formula is C27H34N2O6. The number of carboxylic acid groups (broad SMARTS) is 1. The third-order valence-electron chi connectivity index (χ3n) is 6.63. The van der Waals surface area contributed by atoms with Crippen LogP contribution in [-0.4, -0.2) is 55.0 Å². The summed E-state index contributed by atoms with van der Waals surface area (Å²) >= 11 is 0. The summed E-state index contributed by atoms with van der Waals surface area (Å²) in [7, 11) is 1.44. The lowest BCUT2D eigenvalue weighted by Crippen LogP contribution is -2.63. The van der Waals surface area contributed by atoms with Crippen LogP contribution in [0.1, 0.15) is 50.7 Å². The van der Waals surface area contributed by atoms with E-state index in [0.29, 0.717) is 0 Å². The zero-order valence-electron chi connectivity index (χ0n) is 20.7. The number of carboxylic acids is 1. The van der Waals surface area contributed by atoms with Gasteiger partial charge in [-0.2, -0.15) is 0 Å². The summed E-state index contributed by atoms with van der Waals surface area (Å²) in [5, 5.41) is 14.7. The molecule has 0 heterocycles. The molecule has 8 heteroatoms. The zero-order chi connectivity index (χ0) is 25.6. The predicted molar refractivity (Wildman–Crippen MR) is 132 cm³/mol. The van der Waals surface area contributed by atoms with Crippen LogP contribution >= 0.6 is 0 Å². The van der Waals surface area contributed by atoms with E-state index in [-0.39, 0.29) is 37.9 Å². The molecule has 1 aliphatic rings. The van der Waals surface area contributed by atoms with Gasteiger partial charge >= 0.3 is 12.1 Å². The van der Waals surface area contributed by atoms with Gasteiger partial charge in [0.25, 0.3) is 0 Å². The maximum Gasteiger partial charge on any atom is 0.408 e. The Hall–Kier alpha value is -3.39. The molecule has 3 N–H and O–H groups in total. The smallest absolute Gasteiger partial charge is 0.408 e. The first-order chi connectivity index (χ1) is 16.7. The molecule has 2 atom stereocenters. The average molecular weight is 483 g/mol. The Balaban J connectivity index is 1.73. The number of methoxy groups -OCH3 is 1. The Morgan fingerprint density at radius 3 is 2.09 bits per heavy atom. The Morgan fingerprint density at radius 2 is 1.60 bits per heavy atom. The standard InChI is InChI=1S/C27H34N2O6/c1-5-27(16-34-4,25(32)28-23(17(2)3)14-24(30)31)29-26(33)35-15-22-20-12-8-6-10-18(20)19-11-7-9-13-21(19)22/h6-13,17,22-23H,5,14-16H2,1-4H3,(H,28,32)(H,29,33)(H,30,31). The minimum atomic E-state index is -1.40. The molecular weight excluding hydrogens is 448 g/mol. The minimum Gasteiger partial charge on any atom is -0.481 e. The van der Waals surface area contributed by atoms with E-state index in [2.05, 4.69) is 22.8 Å². The van der Waals surface area contributed by atoms with Crippen molar-refractivity contribution in [2.45, 2.75) is 51.1 Å². The number of rotatable bonds is 11. The lowest BCUT2D eigenvalue weighted by molar-refractivity contribution is -0.138. The van der Waals surface area contributed by atoms with E-state index in [1.807, 2.05) is 50.2 Å². The number of amides is 2. The van der Waals surface area contributed by atoms with Gasteiger partial charge in [-0.15, -0.1) is 0 Å². The molecule has 35 heavy (non-hydrogen) atoms. The largest absolute Gasteiger partial charge is 0.481 e. The first kappa shape index (κ1) is 26.2. The van der Waals surface area contributed by atoms with E-state index in [4.69, 9.17) is 9.47 Å². The molecule has 2 aromatic carbocycles. The number of benzene rings is 2. The van der Waals surface area contributed by atoms with E-state index >= 15 is 0 Å². The van der Waals surface area contributed by atoms with Crippen LogP contribution in [0.15, 0.2) is 48.5 Å². The van der Waals surface area contributed by atoms with E-state index in [0.717, 1.165) is 22.3 Å². The first-order valence-electron chi connectivity index (χ1n) is 11.9. The molecule has 3 rings (SSSR count). The van der Waals surface area contributed by atoms with Gasteiger partial charge in [0, 0.05) is 19.1 Å². The van der Waals surface area contributed by atoms with E-state index in [1.165, 1.54) is 7.11 Å². The number of alkyl carbamates (subject to hydrolysis) is 1.